The number of hydrogen-bond acceptors (Lipinski definition) is 6. The van der Waals surface area contributed by atoms with Crippen LogP contribution in [0.25, 0.3) is 0 Å². The molecule has 2 fully saturated rings. The first-order valence-electron chi connectivity index (χ1n) is 7.65. The molecule has 0 aliphatic carbocycles. The molecule has 2 heterocycles. The van der Waals surface area contributed by atoms with Crippen LogP contribution in [0.15, 0.2) is 24.3 Å². The number of hydrogen-bond donors (Lipinski definition) is 3. The zero-order valence-electron chi connectivity index (χ0n) is 13.2. The summed E-state index contributed by atoms with van der Waals surface area (Å²) in [7, 11) is -4.80. The van der Waals surface area contributed by atoms with Crippen LogP contribution in [0.5, 0.6) is 0 Å². The predicted octanol–water partition coefficient (Wildman–Crippen LogP) is 0.0868. The van der Waals surface area contributed by atoms with Gasteiger partial charge in [-0.15, -0.1) is 4.28 Å². The third-order valence-electron chi connectivity index (χ3n) is 4.26. The van der Waals surface area contributed by atoms with Gasteiger partial charge in [0.25, 0.3) is 0 Å². The topological polar surface area (TPSA) is 142 Å². The van der Waals surface area contributed by atoms with Crippen molar-refractivity contribution < 1.29 is 26.8 Å². The number of benzene rings is 1. The highest BCUT2D eigenvalue weighted by Gasteiger charge is 2.49. The van der Waals surface area contributed by atoms with Crippen molar-refractivity contribution in [3.8, 4) is 0 Å². The molecule has 0 aromatic heterocycles. The molecular formula is C14H18N4O6S. The summed E-state index contributed by atoms with van der Waals surface area (Å²) in [5, 5.41) is 3.34. The van der Waals surface area contributed by atoms with Gasteiger partial charge in [-0.2, -0.15) is 13.5 Å². The van der Waals surface area contributed by atoms with Crippen LogP contribution in [0, 0.1) is 0 Å². The molecule has 2 aliphatic rings. The third-order valence-corrected chi connectivity index (χ3v) is 4.61. The Bertz CT molecular complexity index is 781. The first kappa shape index (κ1) is 17.6. The van der Waals surface area contributed by atoms with Crippen LogP contribution in [0.1, 0.15) is 18.4 Å². The van der Waals surface area contributed by atoms with Crippen LogP contribution in [0.2, 0.25) is 0 Å². The Morgan fingerprint density at radius 1 is 1.32 bits per heavy atom. The van der Waals surface area contributed by atoms with E-state index in [1.165, 1.54) is 4.90 Å². The van der Waals surface area contributed by atoms with Gasteiger partial charge in [0.05, 0.1) is 6.04 Å². The molecule has 2 aliphatic heterocycles. The molecular weight excluding hydrogens is 352 g/mol. The molecule has 1 aromatic carbocycles. The number of amides is 3. The van der Waals surface area contributed by atoms with Gasteiger partial charge < -0.3 is 16.0 Å². The number of nitrogens with zero attached hydrogens (tertiary/aromatic N) is 2. The Morgan fingerprint density at radius 2 is 2.00 bits per heavy atom. The number of anilines is 1. The standard InChI is InChI=1S/C14H18N4O6S/c15-7-9-1-3-10(4-2-9)16-13(19)12-6-5-11-8-17(12)14(20)18(11)24-25(21,22)23/h1-4,11-12H,5-8,15H2,(H,16,19)(H,21,22,23)/t11?,12-/m0/s1. The summed E-state index contributed by atoms with van der Waals surface area (Å²) in [4.78, 5) is 26.0. The molecule has 2 atom stereocenters. The molecule has 11 heteroatoms. The molecule has 1 unspecified atom stereocenters. The van der Waals surface area contributed by atoms with Gasteiger partial charge in [0.1, 0.15) is 6.04 Å². The molecule has 2 saturated heterocycles. The fraction of sp³-hybridized carbons (Fsp3) is 0.429. The summed E-state index contributed by atoms with van der Waals surface area (Å²) < 4.78 is 34.8. The van der Waals surface area contributed by atoms with E-state index < -0.39 is 28.5 Å². The first-order chi connectivity index (χ1) is 11.8. The van der Waals surface area contributed by atoms with E-state index in [0.717, 1.165) is 5.56 Å². The number of fused-ring (bicyclic) bond motifs is 2. The third kappa shape index (κ3) is 3.74. The van der Waals surface area contributed by atoms with Crippen molar-refractivity contribution in [2.24, 2.45) is 5.73 Å². The zero-order chi connectivity index (χ0) is 18.2. The van der Waals surface area contributed by atoms with Crippen LogP contribution >= 0.6 is 0 Å². The fourth-order valence-electron chi connectivity index (χ4n) is 3.05. The van der Waals surface area contributed by atoms with E-state index in [-0.39, 0.29) is 12.5 Å². The van der Waals surface area contributed by atoms with Crippen molar-refractivity contribution >= 4 is 28.0 Å². The first-order valence-corrected chi connectivity index (χ1v) is 9.01. The normalized spacial score (nSPS) is 23.0. The minimum Gasteiger partial charge on any atom is -0.326 e. The van der Waals surface area contributed by atoms with Crippen molar-refractivity contribution in [3.63, 3.8) is 0 Å². The van der Waals surface area contributed by atoms with Crippen LogP contribution in [-0.2, 0) is 26.0 Å². The van der Waals surface area contributed by atoms with E-state index in [0.29, 0.717) is 30.1 Å². The summed E-state index contributed by atoms with van der Waals surface area (Å²) >= 11 is 0. The molecule has 25 heavy (non-hydrogen) atoms. The Morgan fingerprint density at radius 3 is 2.60 bits per heavy atom. The summed E-state index contributed by atoms with van der Waals surface area (Å²) in [5.41, 5.74) is 7.02. The second-order valence-electron chi connectivity index (χ2n) is 5.90. The maximum absolute atomic E-state index is 12.5. The summed E-state index contributed by atoms with van der Waals surface area (Å²) in [6.07, 6.45) is 0.733. The smallest absolute Gasteiger partial charge is 0.326 e. The van der Waals surface area contributed by atoms with E-state index in [9.17, 15) is 18.0 Å². The molecule has 0 radical (unpaired) electrons. The monoisotopic (exact) mass is 370 g/mol. The maximum atomic E-state index is 12.5. The molecule has 2 bridgehead atoms. The lowest BCUT2D eigenvalue weighted by Gasteiger charge is -2.29. The number of urea groups is 1. The van der Waals surface area contributed by atoms with E-state index in [2.05, 4.69) is 9.60 Å². The number of rotatable bonds is 5. The summed E-state index contributed by atoms with van der Waals surface area (Å²) in [6, 6.07) is 4.97. The van der Waals surface area contributed by atoms with Gasteiger partial charge in [-0.25, -0.2) is 4.79 Å². The number of carbonyl (C=O) groups excluding carboxylic acids is 2. The van der Waals surface area contributed by atoms with Crippen molar-refractivity contribution in [1.29, 1.82) is 0 Å². The molecule has 4 N–H and O–H groups in total. The molecule has 3 rings (SSSR count). The highest BCUT2D eigenvalue weighted by atomic mass is 32.3. The van der Waals surface area contributed by atoms with Crippen LogP contribution in [0.4, 0.5) is 10.5 Å². The van der Waals surface area contributed by atoms with Crippen molar-refractivity contribution in [2.45, 2.75) is 31.5 Å². The van der Waals surface area contributed by atoms with Crippen molar-refractivity contribution in [2.75, 3.05) is 11.9 Å². The van der Waals surface area contributed by atoms with Gasteiger partial charge in [0.15, 0.2) is 0 Å². The van der Waals surface area contributed by atoms with E-state index >= 15 is 0 Å². The van der Waals surface area contributed by atoms with Gasteiger partial charge in [-0.1, -0.05) is 12.1 Å². The lowest BCUT2D eigenvalue weighted by molar-refractivity contribution is -0.120. The van der Waals surface area contributed by atoms with Crippen LogP contribution < -0.4 is 11.1 Å². The minimum absolute atomic E-state index is 0.151. The van der Waals surface area contributed by atoms with Crippen LogP contribution in [-0.4, -0.2) is 53.5 Å². The Balaban J connectivity index is 1.69. The molecule has 0 saturated carbocycles. The van der Waals surface area contributed by atoms with Gasteiger partial charge in [-0.3, -0.25) is 9.35 Å². The zero-order valence-corrected chi connectivity index (χ0v) is 14.0. The Kier molecular flexibility index (Phi) is 4.64. The van der Waals surface area contributed by atoms with Gasteiger partial charge in [0.2, 0.25) is 5.91 Å². The number of carbonyl (C=O) groups is 2. The lowest BCUT2D eigenvalue weighted by atomic mass is 10.00. The van der Waals surface area contributed by atoms with Crippen LogP contribution in [0.3, 0.4) is 0 Å². The average Bonchev–Trinajstić information content (AvgIpc) is 2.79. The van der Waals surface area contributed by atoms with Gasteiger partial charge in [0, 0.05) is 18.8 Å². The highest BCUT2D eigenvalue weighted by molar-refractivity contribution is 7.80. The Hall–Kier alpha value is -2.21. The maximum Gasteiger partial charge on any atom is 0.418 e. The molecule has 1 aromatic rings. The second kappa shape index (κ2) is 6.59. The number of nitrogens with two attached hydrogens (primary N) is 1. The largest absolute Gasteiger partial charge is 0.418 e. The summed E-state index contributed by atoms with van der Waals surface area (Å²) in [6.45, 7) is 0.544. The van der Waals surface area contributed by atoms with Crippen molar-refractivity contribution in [3.05, 3.63) is 29.8 Å². The van der Waals surface area contributed by atoms with E-state index in [4.69, 9.17) is 10.3 Å². The predicted molar refractivity (Wildman–Crippen MR) is 86.3 cm³/mol. The van der Waals surface area contributed by atoms with E-state index in [1.54, 1.807) is 24.3 Å². The SMILES string of the molecule is NCc1ccc(NC(=O)[C@@H]2CCC3CN2C(=O)N3OS(=O)(=O)O)cc1. The van der Waals surface area contributed by atoms with E-state index in [1.807, 2.05) is 0 Å². The van der Waals surface area contributed by atoms with Gasteiger partial charge in [-0.05, 0) is 30.5 Å². The highest BCUT2D eigenvalue weighted by Crippen LogP contribution is 2.31. The second-order valence-corrected chi connectivity index (χ2v) is 6.90. The average molecular weight is 370 g/mol. The number of hydroxylamine groups is 2. The fourth-order valence-corrected chi connectivity index (χ4v) is 3.44. The molecule has 136 valence electrons. The number of piperidine rings is 1. The van der Waals surface area contributed by atoms with Crippen molar-refractivity contribution in [1.82, 2.24) is 9.96 Å². The number of nitrogens with one attached hydrogen (secondary N) is 1. The Labute approximate surface area is 144 Å². The summed E-state index contributed by atoms with van der Waals surface area (Å²) in [5.74, 6) is -0.374. The molecule has 10 nitrogen and oxygen atoms in total. The molecule has 0 spiro atoms. The molecule has 3 amide bonds. The minimum atomic E-state index is -4.80. The lowest BCUT2D eigenvalue weighted by Crippen LogP contribution is -2.47. The quantitative estimate of drug-likeness (QED) is 0.623. The van der Waals surface area contributed by atoms with Gasteiger partial charge >= 0.3 is 16.4 Å².